The first-order chi connectivity index (χ1) is 8.11. The standard InChI is InChI=1S/C7H12N4O4S3/c1-17(12,13)2-3-18(14,15)11-7-5(6(8)16)4-9-10-7/h4H,2-3H2,1H3,(H2,8,16)(H2,9,10,11). The summed E-state index contributed by atoms with van der Waals surface area (Å²) in [5, 5.41) is 5.98. The highest BCUT2D eigenvalue weighted by atomic mass is 32.2. The summed E-state index contributed by atoms with van der Waals surface area (Å²) in [6, 6.07) is 0. The number of anilines is 1. The van der Waals surface area contributed by atoms with Crippen molar-refractivity contribution in [3.05, 3.63) is 11.8 Å². The largest absolute Gasteiger partial charge is 0.389 e. The predicted molar refractivity (Wildman–Crippen MR) is 71.6 cm³/mol. The highest BCUT2D eigenvalue weighted by Crippen LogP contribution is 2.12. The van der Waals surface area contributed by atoms with Crippen molar-refractivity contribution in [3.8, 4) is 0 Å². The van der Waals surface area contributed by atoms with Crippen LogP contribution in [0, 0.1) is 0 Å². The van der Waals surface area contributed by atoms with E-state index >= 15 is 0 Å². The molecule has 0 unspecified atom stereocenters. The van der Waals surface area contributed by atoms with Crippen LogP contribution < -0.4 is 10.5 Å². The Hall–Kier alpha value is -1.20. The lowest BCUT2D eigenvalue weighted by Crippen LogP contribution is -2.24. The molecule has 0 saturated carbocycles. The van der Waals surface area contributed by atoms with E-state index in [1.165, 1.54) is 6.20 Å². The van der Waals surface area contributed by atoms with Gasteiger partial charge in [0.05, 0.1) is 23.3 Å². The van der Waals surface area contributed by atoms with Gasteiger partial charge >= 0.3 is 0 Å². The Bertz CT molecular complexity index is 646. The van der Waals surface area contributed by atoms with Crippen molar-refractivity contribution in [3.63, 3.8) is 0 Å². The van der Waals surface area contributed by atoms with Crippen molar-refractivity contribution < 1.29 is 16.8 Å². The van der Waals surface area contributed by atoms with Gasteiger partial charge in [0.2, 0.25) is 10.0 Å². The van der Waals surface area contributed by atoms with Crippen LogP contribution in [-0.4, -0.2) is 49.8 Å². The first-order valence-electron chi connectivity index (χ1n) is 4.62. The van der Waals surface area contributed by atoms with Crippen LogP contribution in [0.25, 0.3) is 0 Å². The zero-order chi connectivity index (χ0) is 14.0. The second-order valence-corrected chi connectivity index (χ2v) is 8.12. The number of aromatic nitrogens is 2. The fourth-order valence-corrected chi connectivity index (χ4v) is 3.83. The fraction of sp³-hybridized carbons (Fsp3) is 0.429. The topological polar surface area (TPSA) is 135 Å². The molecule has 0 amide bonds. The zero-order valence-corrected chi connectivity index (χ0v) is 11.8. The minimum atomic E-state index is -3.81. The molecule has 0 aromatic carbocycles. The first kappa shape index (κ1) is 14.9. The van der Waals surface area contributed by atoms with E-state index in [-0.39, 0.29) is 16.4 Å². The SMILES string of the molecule is CS(=O)(=O)CCS(=O)(=O)Nc1[nH]ncc1C(N)=S. The molecular formula is C7H12N4O4S3. The van der Waals surface area contributed by atoms with Gasteiger partial charge in [0.25, 0.3) is 0 Å². The molecule has 0 fully saturated rings. The van der Waals surface area contributed by atoms with E-state index < -0.39 is 31.4 Å². The molecule has 11 heteroatoms. The molecule has 0 aliphatic rings. The molecule has 1 aromatic heterocycles. The van der Waals surface area contributed by atoms with Gasteiger partial charge in [-0.3, -0.25) is 9.82 Å². The van der Waals surface area contributed by atoms with Gasteiger partial charge in [-0.15, -0.1) is 0 Å². The average Bonchev–Trinajstić information content (AvgIpc) is 2.61. The van der Waals surface area contributed by atoms with Gasteiger partial charge in [-0.1, -0.05) is 12.2 Å². The summed E-state index contributed by atoms with van der Waals surface area (Å²) in [7, 11) is -7.17. The lowest BCUT2D eigenvalue weighted by molar-refractivity contribution is 0.593. The maximum atomic E-state index is 11.6. The number of aromatic amines is 1. The van der Waals surface area contributed by atoms with Gasteiger partial charge in [-0.2, -0.15) is 5.10 Å². The smallest absolute Gasteiger partial charge is 0.234 e. The van der Waals surface area contributed by atoms with Gasteiger partial charge in [-0.25, -0.2) is 16.8 Å². The minimum Gasteiger partial charge on any atom is -0.389 e. The van der Waals surface area contributed by atoms with E-state index in [1.54, 1.807) is 0 Å². The highest BCUT2D eigenvalue weighted by molar-refractivity contribution is 7.95. The average molecular weight is 312 g/mol. The molecule has 0 radical (unpaired) electrons. The van der Waals surface area contributed by atoms with Gasteiger partial charge in [0.15, 0.2) is 0 Å². The van der Waals surface area contributed by atoms with Gasteiger partial charge < -0.3 is 5.73 Å². The summed E-state index contributed by atoms with van der Waals surface area (Å²) in [6.45, 7) is 0. The number of rotatable bonds is 6. The number of sulfonamides is 1. The lowest BCUT2D eigenvalue weighted by atomic mass is 10.3. The molecule has 4 N–H and O–H groups in total. The molecule has 1 rings (SSSR count). The number of hydrogen-bond acceptors (Lipinski definition) is 6. The number of H-pyrrole nitrogens is 1. The molecule has 0 bridgehead atoms. The second kappa shape index (κ2) is 5.20. The van der Waals surface area contributed by atoms with Crippen LogP contribution in [0.15, 0.2) is 6.20 Å². The van der Waals surface area contributed by atoms with Crippen LogP contribution in [0.4, 0.5) is 5.82 Å². The van der Waals surface area contributed by atoms with E-state index in [0.29, 0.717) is 0 Å². The van der Waals surface area contributed by atoms with Crippen LogP contribution >= 0.6 is 12.2 Å². The molecule has 0 aliphatic carbocycles. The molecule has 102 valence electrons. The van der Waals surface area contributed by atoms with Crippen LogP contribution in [0.3, 0.4) is 0 Å². The van der Waals surface area contributed by atoms with Crippen molar-refractivity contribution in [1.29, 1.82) is 0 Å². The van der Waals surface area contributed by atoms with E-state index in [4.69, 9.17) is 18.0 Å². The number of sulfone groups is 1. The monoisotopic (exact) mass is 312 g/mol. The fourth-order valence-electron chi connectivity index (χ4n) is 1.02. The van der Waals surface area contributed by atoms with Gasteiger partial charge in [0.1, 0.15) is 20.6 Å². The van der Waals surface area contributed by atoms with Crippen LogP contribution in [0.1, 0.15) is 5.56 Å². The molecular weight excluding hydrogens is 300 g/mol. The second-order valence-electron chi connectivity index (χ2n) is 3.57. The number of hydrogen-bond donors (Lipinski definition) is 3. The summed E-state index contributed by atoms with van der Waals surface area (Å²) in [5.74, 6) is -1.00. The summed E-state index contributed by atoms with van der Waals surface area (Å²) in [5.41, 5.74) is 5.61. The summed E-state index contributed by atoms with van der Waals surface area (Å²) < 4.78 is 47.2. The van der Waals surface area contributed by atoms with Crippen molar-refractivity contribution >= 4 is 42.9 Å². The highest BCUT2D eigenvalue weighted by Gasteiger charge is 2.18. The maximum Gasteiger partial charge on any atom is 0.234 e. The Morgan fingerprint density at radius 2 is 2.06 bits per heavy atom. The van der Waals surface area contributed by atoms with Crippen LogP contribution in [-0.2, 0) is 19.9 Å². The Kier molecular flexibility index (Phi) is 4.29. The van der Waals surface area contributed by atoms with E-state index in [9.17, 15) is 16.8 Å². The molecule has 0 saturated heterocycles. The quantitative estimate of drug-likeness (QED) is 0.563. The van der Waals surface area contributed by atoms with Gasteiger partial charge in [-0.05, 0) is 0 Å². The van der Waals surface area contributed by atoms with Crippen molar-refractivity contribution in [2.45, 2.75) is 0 Å². The van der Waals surface area contributed by atoms with Gasteiger partial charge in [0, 0.05) is 6.26 Å². The maximum absolute atomic E-state index is 11.6. The summed E-state index contributed by atoms with van der Waals surface area (Å²) in [6.07, 6.45) is 2.23. The minimum absolute atomic E-state index is 0.0236. The Balaban J connectivity index is 2.83. The molecule has 1 heterocycles. The molecule has 0 atom stereocenters. The molecule has 0 aliphatic heterocycles. The molecule has 0 spiro atoms. The molecule has 18 heavy (non-hydrogen) atoms. The number of thiocarbonyl (C=S) groups is 1. The number of nitrogens with zero attached hydrogens (tertiary/aromatic N) is 1. The van der Waals surface area contributed by atoms with Crippen LogP contribution in [0.2, 0.25) is 0 Å². The third-order valence-corrected chi connectivity index (χ3v) is 4.57. The van der Waals surface area contributed by atoms with Crippen LogP contribution in [0.5, 0.6) is 0 Å². The van der Waals surface area contributed by atoms with E-state index in [2.05, 4.69) is 14.9 Å². The number of nitrogens with one attached hydrogen (secondary N) is 2. The normalized spacial score (nSPS) is 12.3. The summed E-state index contributed by atoms with van der Waals surface area (Å²) in [4.78, 5) is -0.0236. The molecule has 1 aromatic rings. The van der Waals surface area contributed by atoms with Crippen molar-refractivity contribution in [2.75, 3.05) is 22.5 Å². The predicted octanol–water partition coefficient (Wildman–Crippen LogP) is -1.17. The van der Waals surface area contributed by atoms with Crippen molar-refractivity contribution in [1.82, 2.24) is 10.2 Å². The van der Waals surface area contributed by atoms with E-state index in [0.717, 1.165) is 6.26 Å². The Morgan fingerprint density at radius 1 is 1.44 bits per heavy atom. The summed E-state index contributed by atoms with van der Waals surface area (Å²) >= 11 is 4.70. The lowest BCUT2D eigenvalue weighted by Gasteiger charge is -2.06. The molecule has 8 nitrogen and oxygen atoms in total. The first-order valence-corrected chi connectivity index (χ1v) is 8.74. The Labute approximate surface area is 110 Å². The zero-order valence-electron chi connectivity index (χ0n) is 9.37. The Morgan fingerprint density at radius 3 is 2.56 bits per heavy atom. The third-order valence-electron chi connectivity index (χ3n) is 1.89. The third kappa shape index (κ3) is 4.58. The van der Waals surface area contributed by atoms with E-state index in [1.807, 2.05) is 0 Å². The number of nitrogens with two attached hydrogens (primary N) is 1. The van der Waals surface area contributed by atoms with Crippen molar-refractivity contribution in [2.24, 2.45) is 5.73 Å².